The molecule has 0 saturated heterocycles. The summed E-state index contributed by atoms with van der Waals surface area (Å²) < 4.78 is 0. The molecule has 4 aromatic rings. The zero-order valence-corrected chi connectivity index (χ0v) is 15.5. The molecular formula is C24H21N3O. The number of para-hydroxylation sites is 1. The molecule has 2 amide bonds. The topological polar surface area (TPSA) is 45.2 Å². The number of urea groups is 1. The van der Waals surface area contributed by atoms with Gasteiger partial charge in [0.15, 0.2) is 0 Å². The van der Waals surface area contributed by atoms with Crippen molar-refractivity contribution in [2.45, 2.75) is 6.42 Å². The maximum Gasteiger partial charge on any atom is 0.326 e. The molecule has 1 aromatic heterocycles. The molecule has 0 unspecified atom stereocenters. The van der Waals surface area contributed by atoms with E-state index >= 15 is 0 Å². The molecule has 4 rings (SSSR count). The number of anilines is 2. The Labute approximate surface area is 164 Å². The summed E-state index contributed by atoms with van der Waals surface area (Å²) in [6.45, 7) is 0.521. The van der Waals surface area contributed by atoms with Gasteiger partial charge in [0, 0.05) is 24.9 Å². The summed E-state index contributed by atoms with van der Waals surface area (Å²) in [5.41, 5.74) is 2.62. The van der Waals surface area contributed by atoms with Gasteiger partial charge in [-0.3, -0.25) is 9.88 Å². The van der Waals surface area contributed by atoms with Crippen molar-refractivity contribution in [1.29, 1.82) is 0 Å². The first-order valence-corrected chi connectivity index (χ1v) is 9.33. The number of fused-ring (bicyclic) bond motifs is 1. The first-order valence-electron chi connectivity index (χ1n) is 9.33. The number of hydrogen-bond acceptors (Lipinski definition) is 2. The number of hydrogen-bond donors (Lipinski definition) is 1. The number of nitrogens with one attached hydrogen (secondary N) is 1. The molecule has 3 aromatic carbocycles. The second-order valence-electron chi connectivity index (χ2n) is 6.51. The van der Waals surface area contributed by atoms with Crippen molar-refractivity contribution in [2.24, 2.45) is 0 Å². The fourth-order valence-corrected chi connectivity index (χ4v) is 3.20. The van der Waals surface area contributed by atoms with Crippen molar-refractivity contribution in [3.8, 4) is 0 Å². The van der Waals surface area contributed by atoms with Crippen LogP contribution in [0.2, 0.25) is 0 Å². The number of pyridine rings is 1. The number of benzene rings is 3. The minimum Gasteiger partial charge on any atom is -0.337 e. The van der Waals surface area contributed by atoms with Crippen molar-refractivity contribution in [3.05, 3.63) is 103 Å². The van der Waals surface area contributed by atoms with Crippen LogP contribution in [0, 0.1) is 0 Å². The van der Waals surface area contributed by atoms with E-state index in [1.165, 1.54) is 0 Å². The average Bonchev–Trinajstić information content (AvgIpc) is 2.75. The Balaban J connectivity index is 1.58. The predicted molar refractivity (Wildman–Crippen MR) is 114 cm³/mol. The lowest BCUT2D eigenvalue weighted by molar-refractivity contribution is 0.248. The molecule has 4 heteroatoms. The van der Waals surface area contributed by atoms with Gasteiger partial charge in [-0.1, -0.05) is 54.6 Å². The van der Waals surface area contributed by atoms with Gasteiger partial charge in [-0.05, 0) is 47.2 Å². The molecule has 1 heterocycles. The molecule has 0 fully saturated rings. The minimum atomic E-state index is -0.155. The van der Waals surface area contributed by atoms with E-state index in [0.29, 0.717) is 13.0 Å². The Bertz CT molecular complexity index is 1060. The van der Waals surface area contributed by atoms with Gasteiger partial charge in [0.2, 0.25) is 0 Å². The Hall–Kier alpha value is -3.66. The van der Waals surface area contributed by atoms with Crippen LogP contribution in [0.1, 0.15) is 5.69 Å². The van der Waals surface area contributed by atoms with Crippen LogP contribution in [-0.4, -0.2) is 17.6 Å². The molecular weight excluding hydrogens is 346 g/mol. The third-order valence-corrected chi connectivity index (χ3v) is 4.59. The largest absolute Gasteiger partial charge is 0.337 e. The van der Waals surface area contributed by atoms with Crippen molar-refractivity contribution in [3.63, 3.8) is 0 Å². The highest BCUT2D eigenvalue weighted by molar-refractivity contribution is 6.01. The van der Waals surface area contributed by atoms with Crippen LogP contribution in [0.5, 0.6) is 0 Å². The third-order valence-electron chi connectivity index (χ3n) is 4.59. The molecule has 0 radical (unpaired) electrons. The SMILES string of the molecule is O=C(NCCc1ccccn1)N(c1ccccc1)c1ccc2ccccc2c1. The molecule has 4 nitrogen and oxygen atoms in total. The zero-order valence-electron chi connectivity index (χ0n) is 15.5. The number of nitrogens with zero attached hydrogens (tertiary/aromatic N) is 2. The highest BCUT2D eigenvalue weighted by Gasteiger charge is 2.18. The molecule has 1 N–H and O–H groups in total. The molecule has 28 heavy (non-hydrogen) atoms. The number of carbonyl (C=O) groups is 1. The van der Waals surface area contributed by atoms with Crippen LogP contribution in [-0.2, 0) is 6.42 Å². The summed E-state index contributed by atoms with van der Waals surface area (Å²) in [7, 11) is 0. The number of amides is 2. The van der Waals surface area contributed by atoms with Crippen molar-refractivity contribution in [1.82, 2.24) is 10.3 Å². The van der Waals surface area contributed by atoms with Gasteiger partial charge in [0.1, 0.15) is 0 Å². The van der Waals surface area contributed by atoms with Crippen molar-refractivity contribution >= 4 is 28.2 Å². The van der Waals surface area contributed by atoms with E-state index in [-0.39, 0.29) is 6.03 Å². The summed E-state index contributed by atoms with van der Waals surface area (Å²) in [5.74, 6) is 0. The highest BCUT2D eigenvalue weighted by Crippen LogP contribution is 2.28. The summed E-state index contributed by atoms with van der Waals surface area (Å²) in [6, 6.07) is 29.6. The molecule has 0 aliphatic rings. The smallest absolute Gasteiger partial charge is 0.326 e. The van der Waals surface area contributed by atoms with Gasteiger partial charge in [-0.25, -0.2) is 4.79 Å². The lowest BCUT2D eigenvalue weighted by Gasteiger charge is -2.24. The highest BCUT2D eigenvalue weighted by atomic mass is 16.2. The van der Waals surface area contributed by atoms with Crippen LogP contribution in [0.15, 0.2) is 97.2 Å². The van der Waals surface area contributed by atoms with E-state index in [2.05, 4.69) is 22.4 Å². The lowest BCUT2D eigenvalue weighted by Crippen LogP contribution is -2.38. The van der Waals surface area contributed by atoms with Gasteiger partial charge >= 0.3 is 6.03 Å². The number of carbonyl (C=O) groups excluding carboxylic acids is 1. The Morgan fingerprint density at radius 1 is 0.786 bits per heavy atom. The molecule has 0 bridgehead atoms. The monoisotopic (exact) mass is 367 g/mol. The van der Waals surface area contributed by atoms with Gasteiger partial charge in [0.25, 0.3) is 0 Å². The molecule has 138 valence electrons. The van der Waals surface area contributed by atoms with E-state index < -0.39 is 0 Å². The van der Waals surface area contributed by atoms with Crippen LogP contribution in [0.3, 0.4) is 0 Å². The maximum absolute atomic E-state index is 13.1. The number of aromatic nitrogens is 1. The second kappa shape index (κ2) is 8.35. The summed E-state index contributed by atoms with van der Waals surface area (Å²) in [5, 5.41) is 5.27. The molecule has 0 spiro atoms. The fourth-order valence-electron chi connectivity index (χ4n) is 3.20. The summed E-state index contributed by atoms with van der Waals surface area (Å²) in [6.07, 6.45) is 2.45. The van der Waals surface area contributed by atoms with E-state index in [4.69, 9.17) is 0 Å². The third kappa shape index (κ3) is 4.01. The van der Waals surface area contributed by atoms with Gasteiger partial charge in [-0.15, -0.1) is 0 Å². The predicted octanol–water partition coefficient (Wildman–Crippen LogP) is 5.33. The van der Waals surface area contributed by atoms with Crippen LogP contribution in [0.4, 0.5) is 16.2 Å². The molecule has 0 atom stereocenters. The Kier molecular flexibility index (Phi) is 5.29. The van der Waals surface area contributed by atoms with Crippen LogP contribution in [0.25, 0.3) is 10.8 Å². The van der Waals surface area contributed by atoms with Crippen LogP contribution < -0.4 is 10.2 Å². The molecule has 0 saturated carbocycles. The van der Waals surface area contributed by atoms with Crippen molar-refractivity contribution < 1.29 is 4.79 Å². The lowest BCUT2D eigenvalue weighted by atomic mass is 10.1. The number of rotatable bonds is 5. The van der Waals surface area contributed by atoms with Crippen molar-refractivity contribution in [2.75, 3.05) is 11.4 Å². The zero-order chi connectivity index (χ0) is 19.2. The Morgan fingerprint density at radius 2 is 1.54 bits per heavy atom. The normalized spacial score (nSPS) is 10.6. The first-order chi connectivity index (χ1) is 13.8. The van der Waals surface area contributed by atoms with Gasteiger partial charge < -0.3 is 5.32 Å². The van der Waals surface area contributed by atoms with E-state index in [1.54, 1.807) is 11.1 Å². The van der Waals surface area contributed by atoms with Gasteiger partial charge in [0.05, 0.1) is 11.4 Å². The average molecular weight is 367 g/mol. The van der Waals surface area contributed by atoms with E-state index in [9.17, 15) is 4.79 Å². The second-order valence-corrected chi connectivity index (χ2v) is 6.51. The molecule has 0 aliphatic heterocycles. The first kappa shape index (κ1) is 17.7. The minimum absolute atomic E-state index is 0.155. The summed E-state index contributed by atoms with van der Waals surface area (Å²) >= 11 is 0. The maximum atomic E-state index is 13.1. The Morgan fingerprint density at radius 3 is 2.32 bits per heavy atom. The summed E-state index contributed by atoms with van der Waals surface area (Å²) in [4.78, 5) is 19.1. The fraction of sp³-hybridized carbons (Fsp3) is 0.0833. The molecule has 0 aliphatic carbocycles. The van der Waals surface area contributed by atoms with E-state index in [0.717, 1.165) is 27.8 Å². The quantitative estimate of drug-likeness (QED) is 0.518. The standard InChI is InChI=1S/C24H21N3O/c28-24(26-17-15-21-10-6-7-16-25-21)27(22-11-2-1-3-12-22)23-14-13-19-8-4-5-9-20(19)18-23/h1-14,16,18H,15,17H2,(H,26,28). The van der Waals surface area contributed by atoms with Gasteiger partial charge in [-0.2, -0.15) is 0 Å². The van der Waals surface area contributed by atoms with Crippen LogP contribution >= 0.6 is 0 Å². The van der Waals surface area contributed by atoms with E-state index in [1.807, 2.05) is 78.9 Å².